The Morgan fingerprint density at radius 2 is 2.00 bits per heavy atom. The largest absolute Gasteiger partial charge is 0.347 e. The average Bonchev–Trinajstić information content (AvgIpc) is 2.42. The van der Waals surface area contributed by atoms with Crippen molar-refractivity contribution in [1.82, 2.24) is 4.57 Å². The molecular formula is C11H12F2N2. The molecule has 0 bridgehead atoms. The molecule has 0 saturated carbocycles. The Bertz CT molecular complexity index is 529. The van der Waals surface area contributed by atoms with Crippen LogP contribution in [0.3, 0.4) is 0 Å². The predicted molar refractivity (Wildman–Crippen MR) is 55.5 cm³/mol. The molecule has 0 aliphatic rings. The highest BCUT2D eigenvalue weighted by atomic mass is 19.1. The van der Waals surface area contributed by atoms with E-state index in [1.165, 1.54) is 6.07 Å². The highest BCUT2D eigenvalue weighted by Gasteiger charge is 2.15. The normalized spacial score (nSPS) is 11.3. The molecule has 4 heteroatoms. The standard InChI is InChI=1S/C11H12F2N2/c1-6-8(5-14)11-9(13)3-7(12)4-10(11)15(6)2/h3-4H,5,14H2,1-2H3. The number of aromatic nitrogens is 1. The lowest BCUT2D eigenvalue weighted by molar-refractivity contribution is 0.591. The minimum atomic E-state index is -0.566. The number of hydrogen-bond acceptors (Lipinski definition) is 1. The van der Waals surface area contributed by atoms with E-state index in [-0.39, 0.29) is 6.54 Å². The lowest BCUT2D eigenvalue weighted by Crippen LogP contribution is -1.99. The highest BCUT2D eigenvalue weighted by molar-refractivity contribution is 5.86. The summed E-state index contributed by atoms with van der Waals surface area (Å²) in [6.07, 6.45) is 0. The number of rotatable bonds is 1. The first-order valence-corrected chi connectivity index (χ1v) is 4.69. The molecule has 0 amide bonds. The van der Waals surface area contributed by atoms with Gasteiger partial charge in [-0.15, -0.1) is 0 Å². The third-order valence-corrected chi connectivity index (χ3v) is 2.84. The topological polar surface area (TPSA) is 30.9 Å². The van der Waals surface area contributed by atoms with E-state index in [0.29, 0.717) is 10.9 Å². The second-order valence-electron chi connectivity index (χ2n) is 3.61. The van der Waals surface area contributed by atoms with E-state index in [1.807, 2.05) is 6.92 Å². The van der Waals surface area contributed by atoms with Crippen molar-refractivity contribution >= 4 is 10.9 Å². The molecular weight excluding hydrogens is 198 g/mol. The maximum Gasteiger partial charge on any atom is 0.135 e. The summed E-state index contributed by atoms with van der Waals surface area (Å²) in [4.78, 5) is 0. The van der Waals surface area contributed by atoms with E-state index >= 15 is 0 Å². The van der Waals surface area contributed by atoms with Crippen LogP contribution in [0.5, 0.6) is 0 Å². The average molecular weight is 210 g/mol. The summed E-state index contributed by atoms with van der Waals surface area (Å²) >= 11 is 0. The summed E-state index contributed by atoms with van der Waals surface area (Å²) in [6.45, 7) is 2.10. The van der Waals surface area contributed by atoms with Crippen LogP contribution in [0.2, 0.25) is 0 Å². The Morgan fingerprint density at radius 3 is 2.60 bits per heavy atom. The Hall–Kier alpha value is -1.42. The van der Waals surface area contributed by atoms with Gasteiger partial charge in [0, 0.05) is 30.7 Å². The van der Waals surface area contributed by atoms with Gasteiger partial charge in [-0.2, -0.15) is 0 Å². The number of halogens is 2. The second-order valence-corrected chi connectivity index (χ2v) is 3.61. The smallest absolute Gasteiger partial charge is 0.135 e. The maximum absolute atomic E-state index is 13.6. The molecule has 2 N–H and O–H groups in total. The predicted octanol–water partition coefficient (Wildman–Crippen LogP) is 2.22. The van der Waals surface area contributed by atoms with Gasteiger partial charge >= 0.3 is 0 Å². The van der Waals surface area contributed by atoms with Crippen LogP contribution in [0.1, 0.15) is 11.3 Å². The molecule has 2 aromatic rings. The molecule has 0 aliphatic heterocycles. The molecule has 0 atom stereocenters. The number of benzene rings is 1. The Kier molecular flexibility index (Phi) is 2.23. The summed E-state index contributed by atoms with van der Waals surface area (Å²) < 4.78 is 28.4. The molecule has 80 valence electrons. The third kappa shape index (κ3) is 1.33. The minimum Gasteiger partial charge on any atom is -0.347 e. The Balaban J connectivity index is 2.97. The Morgan fingerprint density at radius 1 is 1.33 bits per heavy atom. The van der Waals surface area contributed by atoms with Gasteiger partial charge in [0.2, 0.25) is 0 Å². The van der Waals surface area contributed by atoms with E-state index in [9.17, 15) is 8.78 Å². The van der Waals surface area contributed by atoms with Crippen LogP contribution in [0.4, 0.5) is 8.78 Å². The lowest BCUT2D eigenvalue weighted by atomic mass is 10.1. The second kappa shape index (κ2) is 3.31. The van der Waals surface area contributed by atoms with Crippen LogP contribution < -0.4 is 5.73 Å². The first kappa shape index (κ1) is 10.1. The van der Waals surface area contributed by atoms with Crippen molar-refractivity contribution in [3.63, 3.8) is 0 Å². The molecule has 2 nitrogen and oxygen atoms in total. The van der Waals surface area contributed by atoms with Gasteiger partial charge in [-0.1, -0.05) is 0 Å². The van der Waals surface area contributed by atoms with Crippen LogP contribution in [-0.4, -0.2) is 4.57 Å². The molecule has 0 radical (unpaired) electrons. The van der Waals surface area contributed by atoms with Gasteiger partial charge in [0.05, 0.1) is 5.52 Å². The summed E-state index contributed by atoms with van der Waals surface area (Å²) in [7, 11) is 1.77. The summed E-state index contributed by atoms with van der Waals surface area (Å²) in [5.74, 6) is -1.11. The number of hydrogen-bond donors (Lipinski definition) is 1. The molecule has 0 saturated heterocycles. The molecule has 1 heterocycles. The van der Waals surface area contributed by atoms with Crippen molar-refractivity contribution in [2.75, 3.05) is 0 Å². The molecule has 0 spiro atoms. The highest BCUT2D eigenvalue weighted by Crippen LogP contribution is 2.27. The number of aryl methyl sites for hydroxylation is 1. The van der Waals surface area contributed by atoms with Crippen molar-refractivity contribution in [2.45, 2.75) is 13.5 Å². The molecule has 1 aromatic heterocycles. The van der Waals surface area contributed by atoms with Crippen molar-refractivity contribution in [3.8, 4) is 0 Å². The van der Waals surface area contributed by atoms with Crippen LogP contribution in [0, 0.1) is 18.6 Å². The van der Waals surface area contributed by atoms with Crippen LogP contribution in [0.25, 0.3) is 10.9 Å². The van der Waals surface area contributed by atoms with Crippen molar-refractivity contribution in [1.29, 1.82) is 0 Å². The quantitative estimate of drug-likeness (QED) is 0.768. The van der Waals surface area contributed by atoms with Gasteiger partial charge in [0.15, 0.2) is 0 Å². The molecule has 0 fully saturated rings. The maximum atomic E-state index is 13.6. The SMILES string of the molecule is Cc1c(CN)c2c(F)cc(F)cc2n1C. The van der Waals surface area contributed by atoms with Gasteiger partial charge < -0.3 is 10.3 Å². The minimum absolute atomic E-state index is 0.256. The number of fused-ring (bicyclic) bond motifs is 1. The van der Waals surface area contributed by atoms with E-state index in [1.54, 1.807) is 11.6 Å². The monoisotopic (exact) mass is 210 g/mol. The Labute approximate surface area is 86.3 Å². The van der Waals surface area contributed by atoms with Gasteiger partial charge in [-0.25, -0.2) is 8.78 Å². The zero-order chi connectivity index (χ0) is 11.2. The van der Waals surface area contributed by atoms with Crippen molar-refractivity contribution < 1.29 is 8.78 Å². The van der Waals surface area contributed by atoms with Gasteiger partial charge in [0.1, 0.15) is 11.6 Å². The first-order valence-electron chi connectivity index (χ1n) is 4.69. The van der Waals surface area contributed by atoms with Crippen LogP contribution >= 0.6 is 0 Å². The van der Waals surface area contributed by atoms with Gasteiger partial charge in [0.25, 0.3) is 0 Å². The lowest BCUT2D eigenvalue weighted by Gasteiger charge is -1.98. The summed E-state index contributed by atoms with van der Waals surface area (Å²) in [5, 5.41) is 0.430. The number of nitrogens with zero attached hydrogens (tertiary/aromatic N) is 1. The summed E-state index contributed by atoms with van der Waals surface area (Å²) in [6, 6.07) is 2.21. The molecule has 2 rings (SSSR count). The molecule has 0 aliphatic carbocycles. The molecule has 15 heavy (non-hydrogen) atoms. The fourth-order valence-electron chi connectivity index (χ4n) is 1.94. The first-order chi connectivity index (χ1) is 7.06. The van der Waals surface area contributed by atoms with Crippen molar-refractivity contribution in [2.24, 2.45) is 12.8 Å². The van der Waals surface area contributed by atoms with E-state index < -0.39 is 11.6 Å². The molecule has 1 aromatic carbocycles. The van der Waals surface area contributed by atoms with E-state index in [2.05, 4.69) is 0 Å². The van der Waals surface area contributed by atoms with Crippen molar-refractivity contribution in [3.05, 3.63) is 35.0 Å². The fraction of sp³-hybridized carbons (Fsp3) is 0.273. The molecule has 0 unspecified atom stereocenters. The van der Waals surface area contributed by atoms with Gasteiger partial charge in [-0.3, -0.25) is 0 Å². The van der Waals surface area contributed by atoms with Crippen LogP contribution in [-0.2, 0) is 13.6 Å². The summed E-state index contributed by atoms with van der Waals surface area (Å²) in [5.41, 5.74) is 7.72. The zero-order valence-electron chi connectivity index (χ0n) is 8.64. The zero-order valence-corrected chi connectivity index (χ0v) is 8.64. The number of nitrogens with two attached hydrogens (primary N) is 1. The van der Waals surface area contributed by atoms with E-state index in [4.69, 9.17) is 5.73 Å². The third-order valence-electron chi connectivity index (χ3n) is 2.84. The fourth-order valence-corrected chi connectivity index (χ4v) is 1.94. The van der Waals surface area contributed by atoms with E-state index in [0.717, 1.165) is 17.3 Å². The van der Waals surface area contributed by atoms with Gasteiger partial charge in [-0.05, 0) is 18.6 Å². The van der Waals surface area contributed by atoms with Crippen LogP contribution in [0.15, 0.2) is 12.1 Å².